The molecule has 1 fully saturated rings. The lowest BCUT2D eigenvalue weighted by molar-refractivity contribution is -0.384. The van der Waals surface area contributed by atoms with E-state index in [2.05, 4.69) is 16.7 Å². The number of anilines is 1. The number of unbranched alkanes of at least 4 members (excludes halogenated alkanes) is 8. The molecule has 30 heavy (non-hydrogen) atoms. The van der Waals surface area contributed by atoms with Crippen LogP contribution in [0.15, 0.2) is 30.3 Å². The molecule has 1 aromatic carbocycles. The van der Waals surface area contributed by atoms with Crippen molar-refractivity contribution in [3.63, 3.8) is 0 Å². The Labute approximate surface area is 180 Å². The summed E-state index contributed by atoms with van der Waals surface area (Å²) in [5, 5.41) is 11.8. The molecule has 0 bridgehead atoms. The number of non-ortho nitro benzene ring substituents is 1. The van der Waals surface area contributed by atoms with Gasteiger partial charge in [0.15, 0.2) is 0 Å². The van der Waals surface area contributed by atoms with Gasteiger partial charge < -0.3 is 4.90 Å². The van der Waals surface area contributed by atoms with E-state index in [1.165, 1.54) is 70.4 Å². The average molecular weight is 413 g/mol. The maximum Gasteiger partial charge on any atom is 0.270 e. The smallest absolute Gasteiger partial charge is 0.270 e. The third-order valence-corrected chi connectivity index (χ3v) is 6.14. The Bertz CT molecular complexity index is 803. The van der Waals surface area contributed by atoms with E-state index in [1.807, 2.05) is 12.1 Å². The number of benzene rings is 1. The second kappa shape index (κ2) is 11.8. The summed E-state index contributed by atoms with van der Waals surface area (Å²) in [7, 11) is 0. The molecule has 0 atom stereocenters. The van der Waals surface area contributed by atoms with Gasteiger partial charge in [-0.05, 0) is 31.2 Å². The van der Waals surface area contributed by atoms with Crippen LogP contribution in [0.3, 0.4) is 0 Å². The van der Waals surface area contributed by atoms with Gasteiger partial charge in [-0.1, -0.05) is 58.3 Å². The van der Waals surface area contributed by atoms with Crippen molar-refractivity contribution in [2.75, 3.05) is 37.6 Å². The van der Waals surface area contributed by atoms with Gasteiger partial charge >= 0.3 is 0 Å². The van der Waals surface area contributed by atoms with E-state index < -0.39 is 0 Å². The molecule has 6 nitrogen and oxygen atoms in total. The summed E-state index contributed by atoms with van der Waals surface area (Å²) in [5.41, 5.74) is 0.928. The van der Waals surface area contributed by atoms with Gasteiger partial charge in [-0.3, -0.25) is 15.0 Å². The number of rotatable bonds is 12. The lowest BCUT2D eigenvalue weighted by Gasteiger charge is -2.35. The first-order chi connectivity index (χ1) is 14.7. The summed E-state index contributed by atoms with van der Waals surface area (Å²) in [6.07, 6.45) is 12.4. The molecule has 2 heterocycles. The van der Waals surface area contributed by atoms with Crippen LogP contribution in [0.25, 0.3) is 10.9 Å². The largest absolute Gasteiger partial charge is 0.354 e. The van der Waals surface area contributed by atoms with Crippen molar-refractivity contribution in [2.45, 2.75) is 64.7 Å². The van der Waals surface area contributed by atoms with Crippen molar-refractivity contribution in [1.82, 2.24) is 9.88 Å². The Morgan fingerprint density at radius 1 is 0.900 bits per heavy atom. The molecule has 0 aliphatic carbocycles. The zero-order chi connectivity index (χ0) is 21.2. The van der Waals surface area contributed by atoms with Crippen LogP contribution in [0.1, 0.15) is 64.7 Å². The number of fused-ring (bicyclic) bond motifs is 1. The SMILES string of the molecule is CCCCCCCCCCCN1CCN(c2ccc3cc([N+](=O)[O-])ccc3n2)CC1. The Hall–Kier alpha value is -2.21. The third-order valence-electron chi connectivity index (χ3n) is 6.14. The van der Waals surface area contributed by atoms with Gasteiger partial charge in [-0.25, -0.2) is 4.98 Å². The zero-order valence-corrected chi connectivity index (χ0v) is 18.4. The van der Waals surface area contributed by atoms with E-state index in [-0.39, 0.29) is 10.6 Å². The van der Waals surface area contributed by atoms with E-state index in [0.29, 0.717) is 0 Å². The Balaban J connectivity index is 1.36. The van der Waals surface area contributed by atoms with Gasteiger partial charge in [0, 0.05) is 43.7 Å². The molecule has 0 N–H and O–H groups in total. The molecule has 1 aliphatic rings. The highest BCUT2D eigenvalue weighted by Crippen LogP contribution is 2.23. The van der Waals surface area contributed by atoms with E-state index in [1.54, 1.807) is 12.1 Å². The van der Waals surface area contributed by atoms with Crippen LogP contribution in [-0.2, 0) is 0 Å². The molecule has 0 amide bonds. The van der Waals surface area contributed by atoms with Crippen LogP contribution in [0.4, 0.5) is 11.5 Å². The van der Waals surface area contributed by atoms with Gasteiger partial charge in [-0.15, -0.1) is 0 Å². The monoisotopic (exact) mass is 412 g/mol. The minimum atomic E-state index is -0.361. The minimum Gasteiger partial charge on any atom is -0.354 e. The number of aromatic nitrogens is 1. The molecular formula is C24H36N4O2. The fourth-order valence-corrected chi connectivity index (χ4v) is 4.24. The predicted octanol–water partition coefficient (Wildman–Crippen LogP) is 5.80. The van der Waals surface area contributed by atoms with E-state index in [4.69, 9.17) is 4.98 Å². The highest BCUT2D eigenvalue weighted by atomic mass is 16.6. The fraction of sp³-hybridized carbons (Fsp3) is 0.625. The van der Waals surface area contributed by atoms with Crippen LogP contribution in [0.5, 0.6) is 0 Å². The third kappa shape index (κ3) is 6.66. The lowest BCUT2D eigenvalue weighted by Crippen LogP contribution is -2.46. The van der Waals surface area contributed by atoms with Crippen LogP contribution in [-0.4, -0.2) is 47.5 Å². The van der Waals surface area contributed by atoms with Gasteiger partial charge in [0.2, 0.25) is 0 Å². The quantitative estimate of drug-likeness (QED) is 0.251. The van der Waals surface area contributed by atoms with E-state index >= 15 is 0 Å². The van der Waals surface area contributed by atoms with Crippen molar-refractivity contribution in [3.8, 4) is 0 Å². The summed E-state index contributed by atoms with van der Waals surface area (Å²) in [6.45, 7) is 7.62. The van der Waals surface area contributed by atoms with Crippen molar-refractivity contribution >= 4 is 22.4 Å². The zero-order valence-electron chi connectivity index (χ0n) is 18.4. The maximum absolute atomic E-state index is 10.9. The topological polar surface area (TPSA) is 62.5 Å². The second-order valence-corrected chi connectivity index (χ2v) is 8.46. The minimum absolute atomic E-state index is 0.113. The molecule has 6 heteroatoms. The maximum atomic E-state index is 10.9. The molecule has 1 aliphatic heterocycles. The summed E-state index contributed by atoms with van der Waals surface area (Å²) in [5.74, 6) is 0.971. The molecule has 1 aromatic heterocycles. The van der Waals surface area contributed by atoms with Crippen molar-refractivity contribution in [2.24, 2.45) is 0 Å². The van der Waals surface area contributed by atoms with E-state index in [9.17, 15) is 10.1 Å². The van der Waals surface area contributed by atoms with Crippen molar-refractivity contribution < 1.29 is 4.92 Å². The average Bonchev–Trinajstić information content (AvgIpc) is 2.77. The number of nitrogens with zero attached hydrogens (tertiary/aromatic N) is 4. The highest BCUT2D eigenvalue weighted by Gasteiger charge is 2.18. The molecule has 0 radical (unpaired) electrons. The van der Waals surface area contributed by atoms with Crippen LogP contribution >= 0.6 is 0 Å². The predicted molar refractivity (Wildman–Crippen MR) is 124 cm³/mol. The summed E-state index contributed by atoms with van der Waals surface area (Å²) < 4.78 is 0. The number of hydrogen-bond donors (Lipinski definition) is 0. The molecule has 0 unspecified atom stereocenters. The number of pyridine rings is 1. The number of nitro benzene ring substituents is 1. The van der Waals surface area contributed by atoms with Gasteiger partial charge in [-0.2, -0.15) is 0 Å². The first-order valence-corrected chi connectivity index (χ1v) is 11.7. The standard InChI is InChI=1S/C24H36N4O2/c1-2-3-4-5-6-7-8-9-10-15-26-16-18-27(19-17-26)24-14-11-21-20-22(28(29)30)12-13-23(21)25-24/h11-14,20H,2-10,15-19H2,1H3. The Morgan fingerprint density at radius 2 is 1.57 bits per heavy atom. The van der Waals surface area contributed by atoms with Crippen LogP contribution in [0, 0.1) is 10.1 Å². The van der Waals surface area contributed by atoms with Gasteiger partial charge in [0.25, 0.3) is 5.69 Å². The van der Waals surface area contributed by atoms with Crippen LogP contribution < -0.4 is 4.90 Å². The molecule has 1 saturated heterocycles. The summed E-state index contributed by atoms with van der Waals surface area (Å²) in [6, 6.07) is 8.80. The Morgan fingerprint density at radius 3 is 2.23 bits per heavy atom. The molecular weight excluding hydrogens is 376 g/mol. The fourth-order valence-electron chi connectivity index (χ4n) is 4.24. The first kappa shape index (κ1) is 22.5. The number of piperazine rings is 1. The second-order valence-electron chi connectivity index (χ2n) is 8.46. The Kier molecular flexibility index (Phi) is 8.87. The highest BCUT2D eigenvalue weighted by molar-refractivity contribution is 5.82. The molecule has 0 saturated carbocycles. The number of nitro groups is 1. The molecule has 0 spiro atoms. The van der Waals surface area contributed by atoms with Crippen molar-refractivity contribution in [1.29, 1.82) is 0 Å². The molecule has 164 valence electrons. The first-order valence-electron chi connectivity index (χ1n) is 11.7. The van der Waals surface area contributed by atoms with Gasteiger partial charge in [0.1, 0.15) is 5.82 Å². The number of hydrogen-bond acceptors (Lipinski definition) is 5. The van der Waals surface area contributed by atoms with Crippen molar-refractivity contribution in [3.05, 3.63) is 40.4 Å². The van der Waals surface area contributed by atoms with E-state index in [0.717, 1.165) is 42.9 Å². The molecule has 3 rings (SSSR count). The van der Waals surface area contributed by atoms with Gasteiger partial charge in [0.05, 0.1) is 10.4 Å². The van der Waals surface area contributed by atoms with Crippen LogP contribution in [0.2, 0.25) is 0 Å². The summed E-state index contributed by atoms with van der Waals surface area (Å²) >= 11 is 0. The summed E-state index contributed by atoms with van der Waals surface area (Å²) in [4.78, 5) is 20.2. The lowest BCUT2D eigenvalue weighted by atomic mass is 10.1. The molecule has 2 aromatic rings. The normalized spacial score (nSPS) is 15.0.